The maximum atomic E-state index is 11.2. The Balaban J connectivity index is 4.23. The van der Waals surface area contributed by atoms with Crippen LogP contribution in [0.3, 0.4) is 0 Å². The van der Waals surface area contributed by atoms with E-state index < -0.39 is 23.7 Å². The molecule has 0 rings (SSSR count). The van der Waals surface area contributed by atoms with E-state index in [0.29, 0.717) is 0 Å². The lowest BCUT2D eigenvalue weighted by atomic mass is 10.2. The Morgan fingerprint density at radius 2 is 2.07 bits per heavy atom. The average Bonchev–Trinajstić information content (AvgIpc) is 1.99. The molecule has 0 saturated carbocycles. The number of carbonyl (C=O) groups is 2. The molecule has 0 spiro atoms. The molecule has 1 N–H and O–H groups in total. The van der Waals surface area contributed by atoms with Gasteiger partial charge in [-0.05, 0) is 27.2 Å². The summed E-state index contributed by atoms with van der Waals surface area (Å²) in [6.45, 7) is 8.45. The predicted molar refractivity (Wildman–Crippen MR) is 53.0 cm³/mol. The maximum absolute atomic E-state index is 11.2. The van der Waals surface area contributed by atoms with Crippen molar-refractivity contribution >= 4 is 12.1 Å². The van der Waals surface area contributed by atoms with Gasteiger partial charge in [0.2, 0.25) is 0 Å². The Kier molecular flexibility index (Phi) is 4.84. The SMILES string of the molecule is C=CC[C@@H](NC(=O)OC(C)(C)C)C(=O)[O-]. The van der Waals surface area contributed by atoms with Crippen LogP contribution in [0.1, 0.15) is 27.2 Å². The molecule has 1 amide bonds. The molecule has 0 radical (unpaired) electrons. The number of rotatable bonds is 4. The molecule has 0 unspecified atom stereocenters. The largest absolute Gasteiger partial charge is 0.548 e. The zero-order valence-corrected chi connectivity index (χ0v) is 9.20. The number of hydrogen-bond donors (Lipinski definition) is 1. The van der Waals surface area contributed by atoms with Crippen molar-refractivity contribution in [1.82, 2.24) is 5.32 Å². The molecule has 5 nitrogen and oxygen atoms in total. The van der Waals surface area contributed by atoms with Gasteiger partial charge in [0.25, 0.3) is 0 Å². The second kappa shape index (κ2) is 5.38. The standard InChI is InChI=1S/C10H17NO4/c1-5-6-7(8(12)13)11-9(14)15-10(2,3)4/h5,7H,1,6H2,2-4H3,(H,11,14)(H,12,13)/p-1/t7-/m1/s1. The third-order valence-electron chi connectivity index (χ3n) is 1.38. The summed E-state index contributed by atoms with van der Waals surface area (Å²) in [6.07, 6.45) is 0.706. The fraction of sp³-hybridized carbons (Fsp3) is 0.600. The Bertz CT molecular complexity index is 255. The Morgan fingerprint density at radius 1 is 1.53 bits per heavy atom. The first kappa shape index (κ1) is 13.5. The molecule has 0 saturated heterocycles. The molecule has 0 aliphatic carbocycles. The summed E-state index contributed by atoms with van der Waals surface area (Å²) in [5, 5.41) is 12.7. The van der Waals surface area contributed by atoms with E-state index >= 15 is 0 Å². The zero-order valence-electron chi connectivity index (χ0n) is 9.20. The van der Waals surface area contributed by atoms with Crippen molar-refractivity contribution in [2.45, 2.75) is 38.8 Å². The number of carbonyl (C=O) groups excluding carboxylic acids is 2. The number of ether oxygens (including phenoxy) is 1. The lowest BCUT2D eigenvalue weighted by Crippen LogP contribution is -2.48. The van der Waals surface area contributed by atoms with Gasteiger partial charge in [0.05, 0.1) is 12.0 Å². The molecule has 5 heteroatoms. The van der Waals surface area contributed by atoms with Crippen molar-refractivity contribution in [3.8, 4) is 0 Å². The second-order valence-electron chi connectivity index (χ2n) is 4.04. The molecule has 0 aromatic carbocycles. The summed E-state index contributed by atoms with van der Waals surface area (Å²) < 4.78 is 4.89. The van der Waals surface area contributed by atoms with Crippen molar-refractivity contribution in [1.29, 1.82) is 0 Å². The van der Waals surface area contributed by atoms with Gasteiger partial charge >= 0.3 is 6.09 Å². The van der Waals surface area contributed by atoms with Gasteiger partial charge in [0, 0.05) is 0 Å². The van der Waals surface area contributed by atoms with Crippen LogP contribution in [0.15, 0.2) is 12.7 Å². The number of amides is 1. The molecule has 0 aromatic heterocycles. The minimum absolute atomic E-state index is 0.0988. The second-order valence-corrected chi connectivity index (χ2v) is 4.04. The first-order valence-corrected chi connectivity index (χ1v) is 4.57. The summed E-state index contributed by atoms with van der Waals surface area (Å²) in [4.78, 5) is 21.8. The van der Waals surface area contributed by atoms with Crippen LogP contribution < -0.4 is 10.4 Å². The normalized spacial score (nSPS) is 12.7. The average molecular weight is 214 g/mol. The first-order chi connectivity index (χ1) is 6.76. The Hall–Kier alpha value is -1.52. The van der Waals surface area contributed by atoms with Crippen LogP contribution in [0.4, 0.5) is 4.79 Å². The lowest BCUT2D eigenvalue weighted by Gasteiger charge is -2.23. The molecule has 86 valence electrons. The number of aliphatic carboxylic acids is 1. The summed E-state index contributed by atoms with van der Waals surface area (Å²) >= 11 is 0. The zero-order chi connectivity index (χ0) is 12.1. The molecule has 0 aromatic rings. The van der Waals surface area contributed by atoms with Gasteiger partial charge in [-0.15, -0.1) is 6.58 Å². The third-order valence-corrected chi connectivity index (χ3v) is 1.38. The third kappa shape index (κ3) is 6.54. The smallest absolute Gasteiger partial charge is 0.408 e. The van der Waals surface area contributed by atoms with Gasteiger partial charge in [0.15, 0.2) is 0 Å². The van der Waals surface area contributed by atoms with E-state index in [4.69, 9.17) is 4.74 Å². The van der Waals surface area contributed by atoms with Gasteiger partial charge < -0.3 is 20.0 Å². The number of nitrogens with one attached hydrogen (secondary N) is 1. The minimum atomic E-state index is -1.36. The molecular formula is C10H16NO4-. The van der Waals surface area contributed by atoms with Crippen LogP contribution in [0.2, 0.25) is 0 Å². The molecule has 0 aliphatic heterocycles. The van der Waals surface area contributed by atoms with Crippen molar-refractivity contribution in [3.63, 3.8) is 0 Å². The predicted octanol–water partition coefficient (Wildman–Crippen LogP) is 0.206. The Morgan fingerprint density at radius 3 is 2.40 bits per heavy atom. The molecular weight excluding hydrogens is 198 g/mol. The van der Waals surface area contributed by atoms with Crippen molar-refractivity contribution in [2.75, 3.05) is 0 Å². The van der Waals surface area contributed by atoms with Gasteiger partial charge in [-0.3, -0.25) is 0 Å². The quantitative estimate of drug-likeness (QED) is 0.678. The van der Waals surface area contributed by atoms with E-state index in [1.165, 1.54) is 6.08 Å². The van der Waals surface area contributed by atoms with Crippen LogP contribution in [0.25, 0.3) is 0 Å². The van der Waals surface area contributed by atoms with Gasteiger partial charge in [-0.1, -0.05) is 6.08 Å². The van der Waals surface area contributed by atoms with E-state index in [2.05, 4.69) is 11.9 Å². The summed E-state index contributed by atoms with van der Waals surface area (Å²) in [7, 11) is 0. The van der Waals surface area contributed by atoms with E-state index in [-0.39, 0.29) is 6.42 Å². The summed E-state index contributed by atoms with van der Waals surface area (Å²) in [5.74, 6) is -1.36. The molecule has 0 bridgehead atoms. The molecule has 1 atom stereocenters. The fourth-order valence-corrected chi connectivity index (χ4v) is 0.831. The number of carboxylic acid groups (broad SMARTS) is 1. The topological polar surface area (TPSA) is 78.5 Å². The van der Waals surface area contributed by atoms with Gasteiger partial charge in [0.1, 0.15) is 5.60 Å². The van der Waals surface area contributed by atoms with E-state index in [0.717, 1.165) is 0 Å². The summed E-state index contributed by atoms with van der Waals surface area (Å²) in [5.41, 5.74) is -0.658. The van der Waals surface area contributed by atoms with Crippen LogP contribution in [0.5, 0.6) is 0 Å². The molecule has 15 heavy (non-hydrogen) atoms. The van der Waals surface area contributed by atoms with Crippen LogP contribution in [-0.4, -0.2) is 23.7 Å². The lowest BCUT2D eigenvalue weighted by molar-refractivity contribution is -0.308. The highest BCUT2D eigenvalue weighted by Gasteiger charge is 2.19. The van der Waals surface area contributed by atoms with E-state index in [1.54, 1.807) is 20.8 Å². The van der Waals surface area contributed by atoms with Gasteiger partial charge in [-0.25, -0.2) is 4.79 Å². The van der Waals surface area contributed by atoms with Gasteiger partial charge in [-0.2, -0.15) is 0 Å². The highest BCUT2D eigenvalue weighted by atomic mass is 16.6. The maximum Gasteiger partial charge on any atom is 0.408 e. The molecule has 0 aliphatic rings. The van der Waals surface area contributed by atoms with E-state index in [9.17, 15) is 14.7 Å². The Labute approximate surface area is 89.1 Å². The van der Waals surface area contributed by atoms with Crippen LogP contribution in [-0.2, 0) is 9.53 Å². The molecule has 0 heterocycles. The van der Waals surface area contributed by atoms with Crippen LogP contribution in [0, 0.1) is 0 Å². The number of carboxylic acids is 1. The fourth-order valence-electron chi connectivity index (χ4n) is 0.831. The number of hydrogen-bond acceptors (Lipinski definition) is 4. The highest BCUT2D eigenvalue weighted by Crippen LogP contribution is 2.07. The van der Waals surface area contributed by atoms with Crippen LogP contribution >= 0.6 is 0 Å². The highest BCUT2D eigenvalue weighted by molar-refractivity contribution is 5.78. The number of alkyl carbamates (subject to hydrolysis) is 1. The van der Waals surface area contributed by atoms with E-state index in [1.807, 2.05) is 0 Å². The minimum Gasteiger partial charge on any atom is -0.548 e. The monoisotopic (exact) mass is 214 g/mol. The van der Waals surface area contributed by atoms with Crippen molar-refractivity contribution < 1.29 is 19.4 Å². The molecule has 0 fully saturated rings. The summed E-state index contributed by atoms with van der Waals surface area (Å²) in [6, 6.07) is -1.10. The van der Waals surface area contributed by atoms with Crippen molar-refractivity contribution in [2.24, 2.45) is 0 Å². The first-order valence-electron chi connectivity index (χ1n) is 4.57. The van der Waals surface area contributed by atoms with Crippen molar-refractivity contribution in [3.05, 3.63) is 12.7 Å².